The Bertz CT molecular complexity index is 727. The fourth-order valence-corrected chi connectivity index (χ4v) is 4.62. The number of carbonyl (C=O) groups excluding carboxylic acids is 3. The summed E-state index contributed by atoms with van der Waals surface area (Å²) in [6.45, 7) is 2.22. The van der Waals surface area contributed by atoms with Crippen molar-refractivity contribution in [3.8, 4) is 0 Å². The van der Waals surface area contributed by atoms with Gasteiger partial charge in [-0.1, -0.05) is 31.4 Å². The Hall–Kier alpha value is -1.73. The number of rotatable bonds is 6. The largest absolute Gasteiger partial charge is 0.354 e. The summed E-state index contributed by atoms with van der Waals surface area (Å²) >= 11 is 7.45. The molecule has 1 heterocycles. The summed E-state index contributed by atoms with van der Waals surface area (Å²) in [4.78, 5) is 39.4. The molecule has 2 atom stereocenters. The molecule has 3 rings (SSSR count). The molecule has 1 saturated heterocycles. The van der Waals surface area contributed by atoms with Crippen LogP contribution in [-0.4, -0.2) is 47.1 Å². The van der Waals surface area contributed by atoms with Gasteiger partial charge in [0.15, 0.2) is 0 Å². The first kappa shape index (κ1) is 20.0. The minimum Gasteiger partial charge on any atom is -0.354 e. The Morgan fingerprint density at radius 2 is 2.07 bits per heavy atom. The van der Waals surface area contributed by atoms with Crippen molar-refractivity contribution in [2.75, 3.05) is 18.8 Å². The van der Waals surface area contributed by atoms with Crippen molar-refractivity contribution in [2.24, 2.45) is 5.92 Å². The van der Waals surface area contributed by atoms with E-state index in [1.165, 1.54) is 0 Å². The third kappa shape index (κ3) is 4.41. The van der Waals surface area contributed by atoms with Gasteiger partial charge in [0.2, 0.25) is 5.91 Å². The minimum atomic E-state index is -0.819. The average Bonchev–Trinajstić information content (AvgIpc) is 2.88. The van der Waals surface area contributed by atoms with Crippen LogP contribution in [0.2, 0.25) is 5.02 Å². The van der Waals surface area contributed by atoms with E-state index in [-0.39, 0.29) is 24.3 Å². The van der Waals surface area contributed by atoms with Gasteiger partial charge in [-0.15, -0.1) is 11.8 Å². The zero-order valence-corrected chi connectivity index (χ0v) is 16.9. The third-order valence-corrected chi connectivity index (χ3v) is 6.58. The van der Waals surface area contributed by atoms with Crippen LogP contribution >= 0.6 is 23.4 Å². The van der Waals surface area contributed by atoms with Crippen LogP contribution in [0.4, 0.5) is 4.79 Å². The summed E-state index contributed by atoms with van der Waals surface area (Å²) in [5.41, 5.74) is -0.819. The molecule has 1 saturated carbocycles. The lowest BCUT2D eigenvalue weighted by atomic mass is 9.73. The monoisotopic (exact) mass is 409 g/mol. The van der Waals surface area contributed by atoms with Crippen molar-refractivity contribution < 1.29 is 14.4 Å². The van der Waals surface area contributed by atoms with E-state index in [1.807, 2.05) is 31.2 Å². The molecule has 1 aliphatic heterocycles. The van der Waals surface area contributed by atoms with E-state index in [2.05, 4.69) is 10.6 Å². The van der Waals surface area contributed by atoms with Crippen LogP contribution in [0.3, 0.4) is 0 Å². The Labute approximate surface area is 168 Å². The van der Waals surface area contributed by atoms with Crippen molar-refractivity contribution in [3.63, 3.8) is 0 Å². The predicted octanol–water partition coefficient (Wildman–Crippen LogP) is 3.05. The number of nitrogens with zero attached hydrogens (tertiary/aromatic N) is 1. The highest BCUT2D eigenvalue weighted by Crippen LogP contribution is 2.38. The molecule has 2 fully saturated rings. The van der Waals surface area contributed by atoms with E-state index in [1.54, 1.807) is 11.8 Å². The second kappa shape index (κ2) is 8.52. The lowest BCUT2D eigenvalue weighted by Crippen LogP contribution is -2.54. The molecule has 0 bridgehead atoms. The first-order valence-corrected chi connectivity index (χ1v) is 10.6. The molecule has 2 aliphatic rings. The number of urea groups is 1. The van der Waals surface area contributed by atoms with Gasteiger partial charge in [0, 0.05) is 22.2 Å². The number of hydrogen-bond acceptors (Lipinski definition) is 4. The van der Waals surface area contributed by atoms with Crippen molar-refractivity contribution in [3.05, 3.63) is 29.3 Å². The number of hydrogen-bond donors (Lipinski definition) is 2. The number of amides is 4. The molecule has 1 aromatic carbocycles. The number of halogens is 1. The van der Waals surface area contributed by atoms with Crippen LogP contribution in [0, 0.1) is 5.92 Å². The molecule has 1 aliphatic carbocycles. The van der Waals surface area contributed by atoms with E-state index in [9.17, 15) is 14.4 Å². The molecule has 8 heteroatoms. The maximum Gasteiger partial charge on any atom is 0.325 e. The molecule has 2 unspecified atom stereocenters. The van der Waals surface area contributed by atoms with Crippen molar-refractivity contribution in [1.82, 2.24) is 15.5 Å². The highest BCUT2D eigenvalue weighted by molar-refractivity contribution is 7.99. The lowest BCUT2D eigenvalue weighted by Gasteiger charge is -2.36. The van der Waals surface area contributed by atoms with Gasteiger partial charge in [0.25, 0.3) is 5.91 Å². The van der Waals surface area contributed by atoms with Crippen molar-refractivity contribution in [1.29, 1.82) is 0 Å². The number of imide groups is 1. The predicted molar refractivity (Wildman–Crippen MR) is 106 cm³/mol. The molecule has 4 amide bonds. The summed E-state index contributed by atoms with van der Waals surface area (Å²) in [5, 5.41) is 6.32. The van der Waals surface area contributed by atoms with E-state index in [4.69, 9.17) is 11.6 Å². The van der Waals surface area contributed by atoms with Gasteiger partial charge < -0.3 is 10.6 Å². The van der Waals surface area contributed by atoms with Crippen molar-refractivity contribution >= 4 is 41.2 Å². The van der Waals surface area contributed by atoms with Gasteiger partial charge >= 0.3 is 6.03 Å². The smallest absolute Gasteiger partial charge is 0.325 e. The summed E-state index contributed by atoms with van der Waals surface area (Å²) in [6, 6.07) is 7.03. The molecular weight excluding hydrogens is 386 g/mol. The molecule has 0 aromatic heterocycles. The van der Waals surface area contributed by atoms with Gasteiger partial charge in [-0.25, -0.2) is 4.79 Å². The zero-order valence-electron chi connectivity index (χ0n) is 15.3. The fourth-order valence-electron chi connectivity index (χ4n) is 3.73. The Morgan fingerprint density at radius 1 is 1.33 bits per heavy atom. The SMILES string of the molecule is CC1CCCCC12NC(=O)N(CC(=O)NCCSc1ccc(Cl)cc1)C2=O. The van der Waals surface area contributed by atoms with Gasteiger partial charge in [0.1, 0.15) is 12.1 Å². The lowest BCUT2D eigenvalue weighted by molar-refractivity contribution is -0.137. The first-order valence-electron chi connectivity index (χ1n) is 9.21. The Morgan fingerprint density at radius 3 is 2.78 bits per heavy atom. The van der Waals surface area contributed by atoms with Gasteiger partial charge in [-0.3, -0.25) is 14.5 Å². The van der Waals surface area contributed by atoms with Crippen LogP contribution in [-0.2, 0) is 9.59 Å². The molecule has 1 spiro atoms. The van der Waals surface area contributed by atoms with Crippen LogP contribution in [0.15, 0.2) is 29.2 Å². The van der Waals surface area contributed by atoms with Crippen molar-refractivity contribution in [2.45, 2.75) is 43.0 Å². The highest BCUT2D eigenvalue weighted by Gasteiger charge is 2.55. The van der Waals surface area contributed by atoms with Crippen LogP contribution < -0.4 is 10.6 Å². The first-order chi connectivity index (χ1) is 12.9. The topological polar surface area (TPSA) is 78.5 Å². The molecule has 0 radical (unpaired) electrons. The summed E-state index contributed by atoms with van der Waals surface area (Å²) < 4.78 is 0. The van der Waals surface area contributed by atoms with E-state index in [0.717, 1.165) is 29.1 Å². The molecular formula is C19H24ClN3O3S. The molecule has 1 aromatic rings. The summed E-state index contributed by atoms with van der Waals surface area (Å²) in [6.07, 6.45) is 3.54. The van der Waals surface area contributed by atoms with E-state index >= 15 is 0 Å². The number of nitrogens with one attached hydrogen (secondary N) is 2. The summed E-state index contributed by atoms with van der Waals surface area (Å²) in [7, 11) is 0. The number of thioether (sulfide) groups is 1. The maximum absolute atomic E-state index is 12.8. The molecule has 2 N–H and O–H groups in total. The van der Waals surface area contributed by atoms with E-state index in [0.29, 0.717) is 23.7 Å². The quantitative estimate of drug-likeness (QED) is 0.430. The molecule has 146 valence electrons. The second-order valence-electron chi connectivity index (χ2n) is 7.09. The fraction of sp³-hybridized carbons (Fsp3) is 0.526. The Balaban J connectivity index is 1.47. The zero-order chi connectivity index (χ0) is 19.4. The van der Waals surface area contributed by atoms with Gasteiger partial charge in [0.05, 0.1) is 0 Å². The number of carbonyl (C=O) groups is 3. The standard InChI is InChI=1S/C19H24ClN3O3S/c1-13-4-2-3-9-19(13)17(25)23(18(26)22-19)12-16(24)21-10-11-27-15-7-5-14(20)6-8-15/h5-8,13H,2-4,9-12H2,1H3,(H,21,24)(H,22,26). The van der Waals surface area contributed by atoms with Crippen LogP contribution in [0.5, 0.6) is 0 Å². The minimum absolute atomic E-state index is 0.0894. The van der Waals surface area contributed by atoms with Crippen LogP contribution in [0.1, 0.15) is 32.6 Å². The van der Waals surface area contributed by atoms with Gasteiger partial charge in [-0.05, 0) is 43.0 Å². The highest BCUT2D eigenvalue weighted by atomic mass is 35.5. The van der Waals surface area contributed by atoms with Crippen LogP contribution in [0.25, 0.3) is 0 Å². The Kier molecular flexibility index (Phi) is 6.32. The molecule has 27 heavy (non-hydrogen) atoms. The molecule has 6 nitrogen and oxygen atoms in total. The van der Waals surface area contributed by atoms with Gasteiger partial charge in [-0.2, -0.15) is 0 Å². The average molecular weight is 410 g/mol. The number of benzene rings is 1. The van der Waals surface area contributed by atoms with E-state index < -0.39 is 11.6 Å². The third-order valence-electron chi connectivity index (χ3n) is 5.31. The normalized spacial score (nSPS) is 25.0. The maximum atomic E-state index is 12.8. The summed E-state index contributed by atoms with van der Waals surface area (Å²) in [5.74, 6) is 0.196. The second-order valence-corrected chi connectivity index (χ2v) is 8.70.